The molecule has 0 bridgehead atoms. The maximum atomic E-state index is 12.6. The molecule has 3 aromatic rings. The van der Waals surface area contributed by atoms with Gasteiger partial charge in [-0.2, -0.15) is 4.98 Å². The lowest BCUT2D eigenvalue weighted by molar-refractivity contribution is -0.152. The topological polar surface area (TPSA) is 78.1 Å². The van der Waals surface area contributed by atoms with E-state index in [1.54, 1.807) is 18.3 Å². The number of hydrogen-bond acceptors (Lipinski definition) is 7. The normalized spacial score (nSPS) is 20.7. The summed E-state index contributed by atoms with van der Waals surface area (Å²) in [5, 5.41) is 4.75. The summed E-state index contributed by atoms with van der Waals surface area (Å²) in [6, 6.07) is 8.10. The number of esters is 1. The number of carbonyl (C=O) groups excluding carboxylic acids is 1. The number of rotatable bonds is 4. The highest BCUT2D eigenvalue weighted by Crippen LogP contribution is 2.41. The number of fused-ring (bicyclic) bond motifs is 1. The molecule has 2 unspecified atom stereocenters. The molecule has 1 aliphatic carbocycles. The van der Waals surface area contributed by atoms with Gasteiger partial charge in [0.05, 0.1) is 21.1 Å². The number of aromatic nitrogens is 3. The van der Waals surface area contributed by atoms with Crippen LogP contribution in [0.25, 0.3) is 10.2 Å². The van der Waals surface area contributed by atoms with Crippen LogP contribution in [0.4, 0.5) is 0 Å². The number of para-hydroxylation sites is 1. The first-order valence-corrected chi connectivity index (χ1v) is 9.33. The predicted molar refractivity (Wildman–Crippen MR) is 93.2 cm³/mol. The third-order valence-corrected chi connectivity index (χ3v) is 5.77. The minimum Gasteiger partial charge on any atom is -0.455 e. The van der Waals surface area contributed by atoms with Crippen molar-refractivity contribution in [2.45, 2.75) is 45.1 Å². The van der Waals surface area contributed by atoms with Crippen LogP contribution in [0.5, 0.6) is 0 Å². The quantitative estimate of drug-likeness (QED) is 0.657. The molecule has 0 aliphatic heterocycles. The summed E-state index contributed by atoms with van der Waals surface area (Å²) < 4.78 is 11.6. The monoisotopic (exact) mass is 357 g/mol. The molecule has 0 radical (unpaired) electrons. The number of nitrogens with zero attached hydrogens (tertiary/aromatic N) is 3. The number of thiazole rings is 1. The van der Waals surface area contributed by atoms with Crippen LogP contribution >= 0.6 is 11.3 Å². The van der Waals surface area contributed by atoms with Crippen molar-refractivity contribution in [3.63, 3.8) is 0 Å². The van der Waals surface area contributed by atoms with Crippen LogP contribution in [0.1, 0.15) is 48.3 Å². The van der Waals surface area contributed by atoms with E-state index < -0.39 is 0 Å². The van der Waals surface area contributed by atoms with E-state index in [0.717, 1.165) is 40.9 Å². The molecule has 7 heteroatoms. The van der Waals surface area contributed by atoms with E-state index in [1.165, 1.54) is 0 Å². The minimum atomic E-state index is -0.195. The van der Waals surface area contributed by atoms with Crippen molar-refractivity contribution in [1.82, 2.24) is 15.1 Å². The summed E-state index contributed by atoms with van der Waals surface area (Å²) in [6.07, 6.45) is 3.97. The molecule has 1 aliphatic rings. The summed E-state index contributed by atoms with van der Waals surface area (Å²) in [7, 11) is 0. The second-order valence-corrected chi connectivity index (χ2v) is 7.42. The Kier molecular flexibility index (Phi) is 4.48. The first-order valence-electron chi connectivity index (χ1n) is 8.52. The maximum Gasteiger partial charge on any atom is 0.310 e. The lowest BCUT2D eigenvalue weighted by Crippen LogP contribution is -2.27. The largest absolute Gasteiger partial charge is 0.455 e. The van der Waals surface area contributed by atoms with E-state index in [4.69, 9.17) is 14.2 Å². The zero-order chi connectivity index (χ0) is 17.2. The Morgan fingerprint density at radius 2 is 2.12 bits per heavy atom. The molecule has 2 atom stereocenters. The average Bonchev–Trinajstić information content (AvgIpc) is 3.25. The summed E-state index contributed by atoms with van der Waals surface area (Å²) in [6.45, 7) is 1.77. The van der Waals surface area contributed by atoms with Crippen molar-refractivity contribution in [1.29, 1.82) is 0 Å². The fraction of sp³-hybridized carbons (Fsp3) is 0.444. The standard InChI is InChI=1S/C18H19N3O3S/c1-11-19-16(24-21-11)10-23-18(22)13-7-3-2-6-12(13)17-20-14-8-4-5-9-15(14)25-17/h4-5,8-9,12-13H,2-3,6-7,10H2,1H3. The Morgan fingerprint density at radius 1 is 1.28 bits per heavy atom. The molecule has 2 heterocycles. The molecular weight excluding hydrogens is 338 g/mol. The van der Waals surface area contributed by atoms with Crippen LogP contribution in [-0.4, -0.2) is 21.1 Å². The lowest BCUT2D eigenvalue weighted by Gasteiger charge is -2.28. The molecule has 0 amide bonds. The Hall–Kier alpha value is -2.28. The molecule has 1 fully saturated rings. The van der Waals surface area contributed by atoms with E-state index in [-0.39, 0.29) is 24.4 Å². The van der Waals surface area contributed by atoms with Gasteiger partial charge in [0, 0.05) is 5.92 Å². The van der Waals surface area contributed by atoms with Crippen molar-refractivity contribution in [2.24, 2.45) is 5.92 Å². The Balaban J connectivity index is 1.50. The molecule has 0 spiro atoms. The van der Waals surface area contributed by atoms with Gasteiger partial charge in [0.15, 0.2) is 12.4 Å². The van der Waals surface area contributed by atoms with Gasteiger partial charge in [0.1, 0.15) is 0 Å². The number of hydrogen-bond donors (Lipinski definition) is 0. The van der Waals surface area contributed by atoms with Crippen molar-refractivity contribution < 1.29 is 14.1 Å². The van der Waals surface area contributed by atoms with E-state index in [2.05, 4.69) is 16.2 Å². The highest BCUT2D eigenvalue weighted by Gasteiger charge is 2.35. The fourth-order valence-corrected chi connectivity index (χ4v) is 4.56. The predicted octanol–water partition coefficient (Wildman–Crippen LogP) is 4.00. The van der Waals surface area contributed by atoms with Crippen LogP contribution in [0.3, 0.4) is 0 Å². The SMILES string of the molecule is Cc1noc(COC(=O)C2CCCCC2c2nc3ccccc3s2)n1. The van der Waals surface area contributed by atoms with Crippen LogP contribution < -0.4 is 0 Å². The first kappa shape index (κ1) is 16.2. The van der Waals surface area contributed by atoms with Crippen molar-refractivity contribution in [2.75, 3.05) is 0 Å². The smallest absolute Gasteiger partial charge is 0.310 e. The van der Waals surface area contributed by atoms with Gasteiger partial charge in [-0.3, -0.25) is 4.79 Å². The van der Waals surface area contributed by atoms with E-state index >= 15 is 0 Å². The lowest BCUT2D eigenvalue weighted by atomic mass is 9.79. The van der Waals surface area contributed by atoms with Crippen LogP contribution in [0, 0.1) is 12.8 Å². The maximum absolute atomic E-state index is 12.6. The van der Waals surface area contributed by atoms with Crippen LogP contribution in [0.15, 0.2) is 28.8 Å². The van der Waals surface area contributed by atoms with Gasteiger partial charge in [0.2, 0.25) is 0 Å². The summed E-state index contributed by atoms with van der Waals surface area (Å²) in [4.78, 5) is 21.5. The summed E-state index contributed by atoms with van der Waals surface area (Å²) >= 11 is 1.68. The minimum absolute atomic E-state index is 0.0305. The van der Waals surface area contributed by atoms with Gasteiger partial charge in [0.25, 0.3) is 5.89 Å². The zero-order valence-corrected chi connectivity index (χ0v) is 14.8. The molecular formula is C18H19N3O3S. The van der Waals surface area contributed by atoms with Crippen LogP contribution in [0.2, 0.25) is 0 Å². The van der Waals surface area contributed by atoms with Gasteiger partial charge in [-0.05, 0) is 31.9 Å². The van der Waals surface area contributed by atoms with Gasteiger partial charge in [-0.15, -0.1) is 11.3 Å². The molecule has 0 N–H and O–H groups in total. The van der Waals surface area contributed by atoms with E-state index in [1.807, 2.05) is 18.2 Å². The van der Waals surface area contributed by atoms with Gasteiger partial charge in [-0.25, -0.2) is 4.98 Å². The molecule has 2 aromatic heterocycles. The summed E-state index contributed by atoms with van der Waals surface area (Å²) in [5.41, 5.74) is 1.00. The highest BCUT2D eigenvalue weighted by atomic mass is 32.1. The Bertz CT molecular complexity index is 855. The Labute approximate surface area is 149 Å². The summed E-state index contributed by atoms with van der Waals surface area (Å²) in [5.74, 6) is 0.649. The molecule has 6 nitrogen and oxygen atoms in total. The van der Waals surface area contributed by atoms with E-state index in [0.29, 0.717) is 11.7 Å². The first-order chi connectivity index (χ1) is 12.2. The molecule has 0 saturated heterocycles. The van der Waals surface area contributed by atoms with Gasteiger partial charge < -0.3 is 9.26 Å². The average molecular weight is 357 g/mol. The molecule has 1 aromatic carbocycles. The number of ether oxygens (including phenoxy) is 1. The number of benzene rings is 1. The highest BCUT2D eigenvalue weighted by molar-refractivity contribution is 7.18. The molecule has 25 heavy (non-hydrogen) atoms. The van der Waals surface area contributed by atoms with Crippen molar-refractivity contribution in [3.8, 4) is 0 Å². The third kappa shape index (κ3) is 3.42. The number of aryl methyl sites for hydroxylation is 1. The molecule has 130 valence electrons. The Morgan fingerprint density at radius 3 is 2.92 bits per heavy atom. The second-order valence-electron chi connectivity index (χ2n) is 6.36. The molecule has 1 saturated carbocycles. The zero-order valence-electron chi connectivity index (χ0n) is 14.0. The van der Waals surface area contributed by atoms with Crippen molar-refractivity contribution in [3.05, 3.63) is 41.0 Å². The molecule has 4 rings (SSSR count). The van der Waals surface area contributed by atoms with Gasteiger partial charge >= 0.3 is 5.97 Å². The van der Waals surface area contributed by atoms with Crippen LogP contribution in [-0.2, 0) is 16.1 Å². The van der Waals surface area contributed by atoms with E-state index in [9.17, 15) is 4.79 Å². The second kappa shape index (κ2) is 6.92. The fourth-order valence-electron chi connectivity index (χ4n) is 3.40. The van der Waals surface area contributed by atoms with Gasteiger partial charge in [-0.1, -0.05) is 30.1 Å². The van der Waals surface area contributed by atoms with Crippen molar-refractivity contribution >= 4 is 27.5 Å². The number of carbonyl (C=O) groups is 1. The third-order valence-electron chi connectivity index (χ3n) is 4.60.